The number of hydrogen-bond donors (Lipinski definition) is 1. The molecule has 1 N–H and O–H groups in total. The first-order valence-electron chi connectivity index (χ1n) is 9.89. The Morgan fingerprint density at radius 1 is 0.966 bits per heavy atom. The molecule has 0 saturated carbocycles. The van der Waals surface area contributed by atoms with Gasteiger partial charge < -0.3 is 19.7 Å². The van der Waals surface area contributed by atoms with Crippen molar-refractivity contribution in [2.75, 3.05) is 36.5 Å². The van der Waals surface area contributed by atoms with Gasteiger partial charge in [-0.05, 0) is 37.6 Å². The van der Waals surface area contributed by atoms with Crippen LogP contribution in [0.2, 0.25) is 0 Å². The van der Waals surface area contributed by atoms with E-state index in [-0.39, 0.29) is 18.1 Å². The molecule has 6 heteroatoms. The van der Waals surface area contributed by atoms with Crippen molar-refractivity contribution < 1.29 is 19.1 Å². The average Bonchev–Trinajstić information content (AvgIpc) is 3.59. The van der Waals surface area contributed by atoms with E-state index in [1.54, 1.807) is 12.1 Å². The molecule has 2 aliphatic rings. The van der Waals surface area contributed by atoms with Crippen LogP contribution >= 0.6 is 0 Å². The number of anilines is 2. The van der Waals surface area contributed by atoms with Crippen LogP contribution < -0.4 is 10.2 Å². The van der Waals surface area contributed by atoms with Crippen molar-refractivity contribution in [2.45, 2.75) is 32.5 Å². The molecule has 6 nitrogen and oxygen atoms in total. The van der Waals surface area contributed by atoms with Crippen molar-refractivity contribution in [3.63, 3.8) is 0 Å². The van der Waals surface area contributed by atoms with Crippen LogP contribution in [-0.4, -0.2) is 50.2 Å². The number of hydrogen-bond acceptors (Lipinski definition) is 5. The summed E-state index contributed by atoms with van der Waals surface area (Å²) in [5, 5.41) is 2.61. The topological polar surface area (TPSA) is 74.5 Å². The number of nitrogens with one attached hydrogen (secondary N) is 1. The molecule has 2 aromatic rings. The van der Waals surface area contributed by atoms with Crippen LogP contribution in [0.4, 0.5) is 11.4 Å². The molecule has 0 aliphatic carbocycles. The van der Waals surface area contributed by atoms with Crippen LogP contribution in [0.25, 0.3) is 0 Å². The fourth-order valence-corrected chi connectivity index (χ4v) is 2.98. The highest BCUT2D eigenvalue weighted by Crippen LogP contribution is 2.25. The largest absolute Gasteiger partial charge is 0.371 e. The monoisotopic (exact) mass is 396 g/mol. The maximum absolute atomic E-state index is 11.1. The van der Waals surface area contributed by atoms with E-state index in [1.165, 1.54) is 18.2 Å². The molecule has 2 fully saturated rings. The summed E-state index contributed by atoms with van der Waals surface area (Å²) < 4.78 is 10.6. The molecule has 2 aliphatic heterocycles. The van der Waals surface area contributed by atoms with Crippen molar-refractivity contribution >= 4 is 23.1 Å². The lowest BCUT2D eigenvalue weighted by Gasteiger charge is -2.25. The van der Waals surface area contributed by atoms with E-state index in [0.29, 0.717) is 17.9 Å². The third-order valence-corrected chi connectivity index (χ3v) is 4.58. The lowest BCUT2D eigenvalue weighted by atomic mass is 10.1. The molecule has 0 aromatic heterocycles. The first-order chi connectivity index (χ1) is 14.0. The molecule has 0 radical (unpaired) electrons. The fraction of sp³-hybridized carbons (Fsp3) is 0.391. The molecule has 0 spiro atoms. The van der Waals surface area contributed by atoms with Crippen LogP contribution in [-0.2, 0) is 19.1 Å². The van der Waals surface area contributed by atoms with E-state index >= 15 is 0 Å². The standard InChI is InChI=1S/C13H17NO2.C10H11NO2/c1-10-4-2-3-5-13(10)14(6-11-8-15-11)7-12-9-16-12;1-8(12)7-10(13)11-9-5-3-2-4-6-9/h2-5,11-12H,6-9H2,1H3;2-6H,7H2,1H3,(H,11,13). The molecule has 4 rings (SSSR count). The van der Waals surface area contributed by atoms with Gasteiger partial charge in [0.25, 0.3) is 0 Å². The molecule has 0 bridgehead atoms. The van der Waals surface area contributed by atoms with Crippen molar-refractivity contribution in [1.29, 1.82) is 0 Å². The Bertz CT molecular complexity index is 803. The number of carbonyl (C=O) groups is 2. The van der Waals surface area contributed by atoms with Gasteiger partial charge in [0.2, 0.25) is 5.91 Å². The zero-order chi connectivity index (χ0) is 20.6. The smallest absolute Gasteiger partial charge is 0.231 e. The van der Waals surface area contributed by atoms with Crippen LogP contribution in [0.15, 0.2) is 54.6 Å². The summed E-state index contributed by atoms with van der Waals surface area (Å²) >= 11 is 0. The summed E-state index contributed by atoms with van der Waals surface area (Å²) in [5.41, 5.74) is 3.35. The molecule has 2 saturated heterocycles. The van der Waals surface area contributed by atoms with Gasteiger partial charge in [0.1, 0.15) is 5.78 Å². The number of aryl methyl sites for hydroxylation is 1. The maximum Gasteiger partial charge on any atom is 0.231 e. The number of ketones is 1. The van der Waals surface area contributed by atoms with Gasteiger partial charge in [-0.15, -0.1) is 0 Å². The van der Waals surface area contributed by atoms with Crippen molar-refractivity contribution in [3.8, 4) is 0 Å². The van der Waals surface area contributed by atoms with Crippen LogP contribution in [0.5, 0.6) is 0 Å². The van der Waals surface area contributed by atoms with Crippen LogP contribution in [0.1, 0.15) is 18.9 Å². The Morgan fingerprint density at radius 3 is 2.03 bits per heavy atom. The fourth-order valence-electron chi connectivity index (χ4n) is 2.98. The highest BCUT2D eigenvalue weighted by molar-refractivity contribution is 6.03. The maximum atomic E-state index is 11.1. The predicted octanol–water partition coefficient (Wildman–Crippen LogP) is 3.20. The predicted molar refractivity (Wildman–Crippen MR) is 113 cm³/mol. The highest BCUT2D eigenvalue weighted by Gasteiger charge is 2.31. The van der Waals surface area contributed by atoms with Gasteiger partial charge in [-0.2, -0.15) is 0 Å². The number of para-hydroxylation sites is 2. The molecule has 2 heterocycles. The minimum absolute atomic E-state index is 0.0606. The van der Waals surface area contributed by atoms with E-state index in [4.69, 9.17) is 9.47 Å². The molecule has 154 valence electrons. The van der Waals surface area contributed by atoms with E-state index in [9.17, 15) is 9.59 Å². The Balaban J connectivity index is 0.000000170. The Morgan fingerprint density at radius 2 is 1.52 bits per heavy atom. The molecular weight excluding hydrogens is 368 g/mol. The van der Waals surface area contributed by atoms with E-state index < -0.39 is 0 Å². The first kappa shape index (κ1) is 21.0. The zero-order valence-corrected chi connectivity index (χ0v) is 17.0. The zero-order valence-electron chi connectivity index (χ0n) is 17.0. The summed E-state index contributed by atoms with van der Waals surface area (Å²) in [6, 6.07) is 17.6. The second-order valence-corrected chi connectivity index (χ2v) is 7.40. The van der Waals surface area contributed by atoms with Crippen molar-refractivity contribution in [2.24, 2.45) is 0 Å². The van der Waals surface area contributed by atoms with E-state index in [0.717, 1.165) is 26.3 Å². The Labute approximate surface area is 171 Å². The number of benzene rings is 2. The van der Waals surface area contributed by atoms with Crippen molar-refractivity contribution in [1.82, 2.24) is 0 Å². The first-order valence-corrected chi connectivity index (χ1v) is 9.89. The van der Waals surface area contributed by atoms with Gasteiger partial charge in [0.05, 0.1) is 31.8 Å². The van der Waals surface area contributed by atoms with E-state index in [2.05, 4.69) is 41.4 Å². The molecule has 29 heavy (non-hydrogen) atoms. The van der Waals surface area contributed by atoms with Gasteiger partial charge >= 0.3 is 0 Å². The number of carbonyl (C=O) groups excluding carboxylic acids is 2. The molecule has 2 aromatic carbocycles. The van der Waals surface area contributed by atoms with Gasteiger partial charge in [0, 0.05) is 24.5 Å². The summed E-state index contributed by atoms with van der Waals surface area (Å²) in [6.07, 6.45) is 0.797. The summed E-state index contributed by atoms with van der Waals surface area (Å²) in [6.45, 7) is 7.35. The molecule has 1 amide bonds. The van der Waals surface area contributed by atoms with Gasteiger partial charge in [0.15, 0.2) is 0 Å². The summed E-state index contributed by atoms with van der Waals surface area (Å²) in [7, 11) is 0. The van der Waals surface area contributed by atoms with Gasteiger partial charge in [-0.25, -0.2) is 0 Å². The van der Waals surface area contributed by atoms with Crippen LogP contribution in [0.3, 0.4) is 0 Å². The highest BCUT2D eigenvalue weighted by atomic mass is 16.6. The van der Waals surface area contributed by atoms with Crippen molar-refractivity contribution in [3.05, 3.63) is 60.2 Å². The van der Waals surface area contributed by atoms with Gasteiger partial charge in [-0.3, -0.25) is 9.59 Å². The number of ether oxygens (including phenoxy) is 2. The third-order valence-electron chi connectivity index (χ3n) is 4.58. The SMILES string of the molecule is CC(=O)CC(=O)Nc1ccccc1.Cc1ccccc1N(CC1CO1)CC1CO1. The normalized spacial score (nSPS) is 18.8. The average molecular weight is 396 g/mol. The van der Waals surface area contributed by atoms with Crippen LogP contribution in [0, 0.1) is 6.92 Å². The minimum atomic E-state index is -0.265. The number of epoxide rings is 2. The van der Waals surface area contributed by atoms with Gasteiger partial charge in [-0.1, -0.05) is 36.4 Å². The second-order valence-electron chi connectivity index (χ2n) is 7.40. The Hall–Kier alpha value is -2.70. The molecule has 2 atom stereocenters. The number of amides is 1. The lowest BCUT2D eigenvalue weighted by molar-refractivity contribution is -0.124. The number of Topliss-reactive ketones (excluding diaryl/α,β-unsaturated/α-hetero) is 1. The molecule has 2 unspecified atom stereocenters. The number of nitrogens with zero attached hydrogens (tertiary/aromatic N) is 1. The van der Waals surface area contributed by atoms with E-state index in [1.807, 2.05) is 18.2 Å². The number of rotatable bonds is 8. The summed E-state index contributed by atoms with van der Waals surface area (Å²) in [5.74, 6) is -0.396. The third kappa shape index (κ3) is 7.68. The quantitative estimate of drug-likeness (QED) is 0.548. The lowest BCUT2D eigenvalue weighted by Crippen LogP contribution is -2.32. The minimum Gasteiger partial charge on any atom is -0.371 e. The second kappa shape index (κ2) is 10.2. The molecular formula is C23H28N2O4. The Kier molecular flexibility index (Phi) is 7.38. The summed E-state index contributed by atoms with van der Waals surface area (Å²) in [4.78, 5) is 24.1.